The fourth-order valence-electron chi connectivity index (χ4n) is 3.69. The highest BCUT2D eigenvalue weighted by atomic mass is 16.5. The van der Waals surface area contributed by atoms with Gasteiger partial charge in [-0.25, -0.2) is 0 Å². The first-order chi connectivity index (χ1) is 10.6. The smallest absolute Gasteiger partial charge is 0.219 e. The highest BCUT2D eigenvalue weighted by molar-refractivity contribution is 5.73. The lowest BCUT2D eigenvalue weighted by atomic mass is 9.95. The van der Waals surface area contributed by atoms with E-state index in [9.17, 15) is 4.79 Å². The molecule has 22 heavy (non-hydrogen) atoms. The third kappa shape index (κ3) is 5.21. The fourth-order valence-corrected chi connectivity index (χ4v) is 3.69. The number of carbonyl (C=O) groups is 1. The number of nitrogens with zero attached hydrogens (tertiary/aromatic N) is 3. The summed E-state index contributed by atoms with van der Waals surface area (Å²) in [6.45, 7) is 15.4. The summed E-state index contributed by atoms with van der Waals surface area (Å²) in [5, 5.41) is 0. The molecule has 5 nitrogen and oxygen atoms in total. The molecular formula is C17H33N3O2. The topological polar surface area (TPSA) is 36.0 Å². The normalized spacial score (nSPS) is 25.6. The van der Waals surface area contributed by atoms with Crippen LogP contribution in [-0.4, -0.2) is 85.7 Å². The Hall–Kier alpha value is -0.650. The van der Waals surface area contributed by atoms with E-state index in [4.69, 9.17) is 4.74 Å². The summed E-state index contributed by atoms with van der Waals surface area (Å²) in [6.07, 6.45) is 2.33. The number of likely N-dealkylation sites (tertiary alicyclic amines) is 1. The predicted octanol–water partition coefficient (Wildman–Crippen LogP) is 1.29. The maximum atomic E-state index is 11.4. The van der Waals surface area contributed by atoms with Crippen LogP contribution in [0.2, 0.25) is 0 Å². The summed E-state index contributed by atoms with van der Waals surface area (Å²) in [4.78, 5) is 18.5. The van der Waals surface area contributed by atoms with Crippen LogP contribution >= 0.6 is 0 Å². The van der Waals surface area contributed by atoms with Gasteiger partial charge in [0.15, 0.2) is 0 Å². The van der Waals surface area contributed by atoms with Crippen LogP contribution in [-0.2, 0) is 9.53 Å². The van der Waals surface area contributed by atoms with Crippen molar-refractivity contribution >= 4 is 5.91 Å². The number of piperidine rings is 1. The quantitative estimate of drug-likeness (QED) is 0.693. The molecule has 1 amide bonds. The number of ether oxygens (including phenoxy) is 1. The van der Waals surface area contributed by atoms with E-state index in [1.54, 1.807) is 6.92 Å². The van der Waals surface area contributed by atoms with Gasteiger partial charge < -0.3 is 14.5 Å². The van der Waals surface area contributed by atoms with Crippen molar-refractivity contribution < 1.29 is 9.53 Å². The van der Waals surface area contributed by atoms with Crippen molar-refractivity contribution in [2.75, 3.05) is 59.0 Å². The molecule has 0 aromatic rings. The van der Waals surface area contributed by atoms with E-state index in [0.29, 0.717) is 6.04 Å². The summed E-state index contributed by atoms with van der Waals surface area (Å²) in [6, 6.07) is 0.617. The van der Waals surface area contributed by atoms with Crippen LogP contribution in [0.1, 0.15) is 33.6 Å². The Morgan fingerprint density at radius 1 is 1.18 bits per heavy atom. The molecule has 0 unspecified atom stereocenters. The van der Waals surface area contributed by atoms with E-state index >= 15 is 0 Å². The minimum Gasteiger partial charge on any atom is -0.380 e. The van der Waals surface area contributed by atoms with Crippen molar-refractivity contribution in [1.29, 1.82) is 0 Å². The van der Waals surface area contributed by atoms with Crippen LogP contribution < -0.4 is 0 Å². The van der Waals surface area contributed by atoms with E-state index in [1.807, 2.05) is 4.90 Å². The average Bonchev–Trinajstić information content (AvgIpc) is 2.50. The van der Waals surface area contributed by atoms with E-state index < -0.39 is 0 Å². The molecule has 2 aliphatic rings. The first kappa shape index (κ1) is 17.7. The molecule has 0 bridgehead atoms. The molecule has 0 aliphatic carbocycles. The molecule has 0 saturated carbocycles. The van der Waals surface area contributed by atoms with Crippen LogP contribution in [0.25, 0.3) is 0 Å². The van der Waals surface area contributed by atoms with Crippen LogP contribution in [0.3, 0.4) is 0 Å². The number of rotatable bonds is 6. The van der Waals surface area contributed by atoms with E-state index in [0.717, 1.165) is 45.3 Å². The SMILES string of the molecule is CCOCCN1CCN(CC2CCN(C(C)=O)CC2)C[C@H]1C. The second-order valence-corrected chi connectivity index (χ2v) is 6.79. The zero-order valence-electron chi connectivity index (χ0n) is 14.6. The molecule has 1 atom stereocenters. The van der Waals surface area contributed by atoms with Gasteiger partial charge in [0.2, 0.25) is 5.91 Å². The Balaban J connectivity index is 1.67. The van der Waals surface area contributed by atoms with Gasteiger partial charge in [-0.3, -0.25) is 9.69 Å². The van der Waals surface area contributed by atoms with Gasteiger partial charge in [0.05, 0.1) is 6.61 Å². The van der Waals surface area contributed by atoms with Gasteiger partial charge in [0, 0.05) is 65.4 Å². The van der Waals surface area contributed by atoms with Crippen LogP contribution in [0.15, 0.2) is 0 Å². The molecule has 2 aliphatic heterocycles. The standard InChI is InChI=1S/C17H33N3O2/c1-4-22-12-11-19-10-9-18(13-15(19)2)14-17-5-7-20(8-6-17)16(3)21/h15,17H,4-14H2,1-3H3/t15-/m1/s1. The molecule has 128 valence electrons. The van der Waals surface area contributed by atoms with Gasteiger partial charge in [0.25, 0.3) is 0 Å². The van der Waals surface area contributed by atoms with Gasteiger partial charge in [-0.2, -0.15) is 0 Å². The monoisotopic (exact) mass is 311 g/mol. The van der Waals surface area contributed by atoms with Crippen molar-refractivity contribution in [1.82, 2.24) is 14.7 Å². The van der Waals surface area contributed by atoms with Gasteiger partial charge in [0.1, 0.15) is 0 Å². The molecule has 2 saturated heterocycles. The second-order valence-electron chi connectivity index (χ2n) is 6.79. The van der Waals surface area contributed by atoms with Crippen molar-refractivity contribution in [2.45, 2.75) is 39.7 Å². The van der Waals surface area contributed by atoms with Crippen LogP contribution in [0, 0.1) is 5.92 Å². The van der Waals surface area contributed by atoms with E-state index in [2.05, 4.69) is 23.6 Å². The van der Waals surface area contributed by atoms with Crippen molar-refractivity contribution in [3.05, 3.63) is 0 Å². The van der Waals surface area contributed by atoms with Gasteiger partial charge in [-0.15, -0.1) is 0 Å². The summed E-state index contributed by atoms with van der Waals surface area (Å²) >= 11 is 0. The molecule has 5 heteroatoms. The Bertz CT molecular complexity index is 343. The second kappa shape index (κ2) is 8.85. The van der Waals surface area contributed by atoms with Crippen molar-refractivity contribution in [3.8, 4) is 0 Å². The predicted molar refractivity (Wildman–Crippen MR) is 88.9 cm³/mol. The van der Waals surface area contributed by atoms with Crippen molar-refractivity contribution in [2.24, 2.45) is 5.92 Å². The molecule has 0 aromatic carbocycles. The minimum absolute atomic E-state index is 0.231. The molecule has 0 N–H and O–H groups in total. The van der Waals surface area contributed by atoms with Gasteiger partial charge in [-0.05, 0) is 32.6 Å². The Morgan fingerprint density at radius 2 is 1.91 bits per heavy atom. The van der Waals surface area contributed by atoms with Gasteiger partial charge in [-0.1, -0.05) is 0 Å². The summed E-state index contributed by atoms with van der Waals surface area (Å²) < 4.78 is 5.47. The van der Waals surface area contributed by atoms with Crippen molar-refractivity contribution in [3.63, 3.8) is 0 Å². The first-order valence-corrected chi connectivity index (χ1v) is 8.89. The van der Waals surface area contributed by atoms with E-state index in [-0.39, 0.29) is 5.91 Å². The molecule has 2 fully saturated rings. The third-order valence-corrected chi connectivity index (χ3v) is 5.15. The van der Waals surface area contributed by atoms with Crippen LogP contribution in [0.5, 0.6) is 0 Å². The Labute approximate surface area is 135 Å². The maximum absolute atomic E-state index is 11.4. The Kier molecular flexibility index (Phi) is 7.12. The number of hydrogen-bond acceptors (Lipinski definition) is 4. The van der Waals surface area contributed by atoms with Gasteiger partial charge >= 0.3 is 0 Å². The lowest BCUT2D eigenvalue weighted by molar-refractivity contribution is -0.130. The summed E-state index contributed by atoms with van der Waals surface area (Å²) in [5.74, 6) is 0.993. The molecule has 0 aromatic heterocycles. The molecular weight excluding hydrogens is 278 g/mol. The summed E-state index contributed by atoms with van der Waals surface area (Å²) in [5.41, 5.74) is 0. The number of carbonyl (C=O) groups excluding carboxylic acids is 1. The molecule has 2 heterocycles. The lowest BCUT2D eigenvalue weighted by Crippen LogP contribution is -2.54. The summed E-state index contributed by atoms with van der Waals surface area (Å²) in [7, 11) is 0. The highest BCUT2D eigenvalue weighted by Gasteiger charge is 2.27. The largest absolute Gasteiger partial charge is 0.380 e. The molecule has 0 spiro atoms. The number of amides is 1. The van der Waals surface area contributed by atoms with Crippen LogP contribution in [0.4, 0.5) is 0 Å². The minimum atomic E-state index is 0.231. The Morgan fingerprint density at radius 3 is 2.50 bits per heavy atom. The zero-order chi connectivity index (χ0) is 15.9. The number of piperazine rings is 1. The fraction of sp³-hybridized carbons (Fsp3) is 0.941. The molecule has 2 rings (SSSR count). The first-order valence-electron chi connectivity index (χ1n) is 8.89. The number of hydrogen-bond donors (Lipinski definition) is 0. The molecule has 0 radical (unpaired) electrons. The zero-order valence-corrected chi connectivity index (χ0v) is 14.6. The van der Waals surface area contributed by atoms with E-state index in [1.165, 1.54) is 32.5 Å². The third-order valence-electron chi connectivity index (χ3n) is 5.15. The maximum Gasteiger partial charge on any atom is 0.219 e. The lowest BCUT2D eigenvalue weighted by Gasteiger charge is -2.42. The average molecular weight is 311 g/mol. The highest BCUT2D eigenvalue weighted by Crippen LogP contribution is 2.20.